The Hall–Kier alpha value is -1.96. The van der Waals surface area contributed by atoms with Crippen molar-refractivity contribution in [3.8, 4) is 0 Å². The summed E-state index contributed by atoms with van der Waals surface area (Å²) in [7, 11) is 1.82. The third kappa shape index (κ3) is 5.92. The molecule has 1 saturated heterocycles. The Balaban J connectivity index is 1.80. The van der Waals surface area contributed by atoms with Gasteiger partial charge in [0.25, 0.3) is 0 Å². The van der Waals surface area contributed by atoms with Gasteiger partial charge in [0, 0.05) is 36.9 Å². The second kappa shape index (κ2) is 9.36. The molecule has 1 aliphatic heterocycles. The first-order valence-corrected chi connectivity index (χ1v) is 8.24. The lowest BCUT2D eigenvalue weighted by Gasteiger charge is -2.25. The molecule has 0 saturated carbocycles. The number of carbonyl (C=O) groups is 2. The van der Waals surface area contributed by atoms with Crippen LogP contribution >= 0.6 is 0 Å². The number of morpholine rings is 1. The highest BCUT2D eigenvalue weighted by molar-refractivity contribution is 5.94. The third-order valence-corrected chi connectivity index (χ3v) is 3.87. The van der Waals surface area contributed by atoms with Gasteiger partial charge in [-0.3, -0.25) is 14.5 Å². The van der Waals surface area contributed by atoms with Gasteiger partial charge in [0.1, 0.15) is 0 Å². The first-order chi connectivity index (χ1) is 11.6. The predicted molar refractivity (Wildman–Crippen MR) is 94.1 cm³/mol. The molecule has 1 fully saturated rings. The number of hydrogen-bond acceptors (Lipinski definition) is 5. The Morgan fingerprint density at radius 2 is 1.71 bits per heavy atom. The van der Waals surface area contributed by atoms with Gasteiger partial charge in [0.05, 0.1) is 19.8 Å². The van der Waals surface area contributed by atoms with E-state index in [2.05, 4.69) is 20.9 Å². The Kier molecular flexibility index (Phi) is 7.17. The fourth-order valence-corrected chi connectivity index (χ4v) is 2.46. The maximum atomic E-state index is 12.0. The number of benzene rings is 1. The fourth-order valence-electron chi connectivity index (χ4n) is 2.46. The smallest absolute Gasteiger partial charge is 0.238 e. The van der Waals surface area contributed by atoms with Crippen molar-refractivity contribution in [2.75, 3.05) is 57.1 Å². The van der Waals surface area contributed by atoms with Crippen molar-refractivity contribution < 1.29 is 14.3 Å². The van der Waals surface area contributed by atoms with Gasteiger partial charge < -0.3 is 20.7 Å². The van der Waals surface area contributed by atoms with Crippen LogP contribution in [-0.2, 0) is 14.3 Å². The van der Waals surface area contributed by atoms with Crippen LogP contribution in [0.1, 0.15) is 6.92 Å². The summed E-state index contributed by atoms with van der Waals surface area (Å²) in [6.45, 7) is 5.77. The zero-order valence-corrected chi connectivity index (χ0v) is 14.3. The first kappa shape index (κ1) is 18.4. The molecule has 7 nitrogen and oxygen atoms in total. The molecule has 1 atom stereocenters. The van der Waals surface area contributed by atoms with Crippen LogP contribution in [0.3, 0.4) is 0 Å². The zero-order chi connectivity index (χ0) is 17.4. The average molecular weight is 334 g/mol. The minimum atomic E-state index is -0.108. The summed E-state index contributed by atoms with van der Waals surface area (Å²) in [6.07, 6.45) is 0. The van der Waals surface area contributed by atoms with E-state index in [-0.39, 0.29) is 17.7 Å². The fraction of sp³-hybridized carbons (Fsp3) is 0.529. The van der Waals surface area contributed by atoms with Crippen molar-refractivity contribution in [3.63, 3.8) is 0 Å². The molecule has 132 valence electrons. The van der Waals surface area contributed by atoms with Crippen LogP contribution < -0.4 is 16.0 Å². The molecule has 1 aromatic carbocycles. The second-order valence-electron chi connectivity index (χ2n) is 5.96. The Labute approximate surface area is 142 Å². The standard InChI is InChI=1S/C17H26N4O3/c1-13(11-18-2)17(23)20-15-5-3-14(4-6-15)19-16(22)12-21-7-9-24-10-8-21/h3-6,13,18H,7-12H2,1-2H3,(H,19,22)(H,20,23). The van der Waals surface area contributed by atoms with E-state index in [0.717, 1.165) is 18.8 Å². The van der Waals surface area contributed by atoms with Crippen molar-refractivity contribution in [2.24, 2.45) is 5.92 Å². The lowest BCUT2D eigenvalue weighted by molar-refractivity contribution is -0.119. The lowest BCUT2D eigenvalue weighted by Crippen LogP contribution is -2.41. The largest absolute Gasteiger partial charge is 0.379 e. The van der Waals surface area contributed by atoms with Gasteiger partial charge in [-0.1, -0.05) is 6.92 Å². The Bertz CT molecular complexity index is 541. The van der Waals surface area contributed by atoms with E-state index in [1.807, 2.05) is 14.0 Å². The highest BCUT2D eigenvalue weighted by Gasteiger charge is 2.14. The average Bonchev–Trinajstić information content (AvgIpc) is 2.57. The molecule has 2 amide bonds. The molecule has 7 heteroatoms. The molecule has 0 aliphatic carbocycles. The van der Waals surface area contributed by atoms with Gasteiger partial charge in [-0.05, 0) is 31.3 Å². The van der Waals surface area contributed by atoms with E-state index in [0.29, 0.717) is 32.0 Å². The summed E-state index contributed by atoms with van der Waals surface area (Å²) in [6, 6.07) is 7.15. The van der Waals surface area contributed by atoms with Crippen molar-refractivity contribution >= 4 is 23.2 Å². The van der Waals surface area contributed by atoms with E-state index >= 15 is 0 Å². The van der Waals surface area contributed by atoms with Crippen LogP contribution in [0.2, 0.25) is 0 Å². The molecule has 1 aliphatic rings. The highest BCUT2D eigenvalue weighted by Crippen LogP contribution is 2.14. The minimum Gasteiger partial charge on any atom is -0.379 e. The summed E-state index contributed by atoms with van der Waals surface area (Å²) in [5.41, 5.74) is 1.43. The quantitative estimate of drug-likeness (QED) is 0.685. The Morgan fingerprint density at radius 1 is 1.12 bits per heavy atom. The molecule has 3 N–H and O–H groups in total. The second-order valence-corrected chi connectivity index (χ2v) is 5.96. The molecule has 24 heavy (non-hydrogen) atoms. The van der Waals surface area contributed by atoms with E-state index in [1.54, 1.807) is 24.3 Å². The van der Waals surface area contributed by atoms with E-state index in [1.165, 1.54) is 0 Å². The monoisotopic (exact) mass is 334 g/mol. The van der Waals surface area contributed by atoms with Crippen molar-refractivity contribution in [2.45, 2.75) is 6.92 Å². The molecule has 0 bridgehead atoms. The highest BCUT2D eigenvalue weighted by atomic mass is 16.5. The van der Waals surface area contributed by atoms with Gasteiger partial charge in [-0.2, -0.15) is 0 Å². The number of rotatable bonds is 7. The minimum absolute atomic E-state index is 0.0338. The predicted octanol–water partition coefficient (Wildman–Crippen LogP) is 0.751. The van der Waals surface area contributed by atoms with Crippen LogP contribution in [0.15, 0.2) is 24.3 Å². The summed E-state index contributed by atoms with van der Waals surface area (Å²) in [5, 5.41) is 8.71. The third-order valence-electron chi connectivity index (χ3n) is 3.87. The molecule has 2 rings (SSSR count). The molecule has 0 aromatic heterocycles. The summed E-state index contributed by atoms with van der Waals surface area (Å²) in [4.78, 5) is 26.1. The van der Waals surface area contributed by atoms with Gasteiger partial charge >= 0.3 is 0 Å². The molecule has 1 aromatic rings. The topological polar surface area (TPSA) is 82.7 Å². The normalized spacial score (nSPS) is 16.4. The van der Waals surface area contributed by atoms with Crippen LogP contribution in [0.25, 0.3) is 0 Å². The molecule has 0 radical (unpaired) electrons. The van der Waals surface area contributed by atoms with E-state index < -0.39 is 0 Å². The molecular weight excluding hydrogens is 308 g/mol. The van der Waals surface area contributed by atoms with Crippen LogP contribution in [0.4, 0.5) is 11.4 Å². The number of nitrogens with zero attached hydrogens (tertiary/aromatic N) is 1. The van der Waals surface area contributed by atoms with E-state index in [4.69, 9.17) is 4.74 Å². The summed E-state index contributed by atoms with van der Waals surface area (Å²) < 4.78 is 5.26. The lowest BCUT2D eigenvalue weighted by atomic mass is 10.1. The number of nitrogens with one attached hydrogen (secondary N) is 3. The molecular formula is C17H26N4O3. The van der Waals surface area contributed by atoms with Crippen molar-refractivity contribution in [1.29, 1.82) is 0 Å². The molecule has 0 spiro atoms. The van der Waals surface area contributed by atoms with Gasteiger partial charge in [-0.15, -0.1) is 0 Å². The number of ether oxygens (including phenoxy) is 1. The first-order valence-electron chi connectivity index (χ1n) is 8.24. The van der Waals surface area contributed by atoms with Crippen molar-refractivity contribution in [3.05, 3.63) is 24.3 Å². The summed E-state index contributed by atoms with van der Waals surface area (Å²) in [5.74, 6) is -0.187. The zero-order valence-electron chi connectivity index (χ0n) is 14.3. The maximum absolute atomic E-state index is 12.0. The van der Waals surface area contributed by atoms with E-state index in [9.17, 15) is 9.59 Å². The summed E-state index contributed by atoms with van der Waals surface area (Å²) >= 11 is 0. The van der Waals surface area contributed by atoms with Crippen LogP contribution in [0.5, 0.6) is 0 Å². The Morgan fingerprint density at radius 3 is 2.29 bits per heavy atom. The van der Waals surface area contributed by atoms with Crippen molar-refractivity contribution in [1.82, 2.24) is 10.2 Å². The molecule has 1 heterocycles. The number of anilines is 2. The SMILES string of the molecule is CNCC(C)C(=O)Nc1ccc(NC(=O)CN2CCOCC2)cc1. The van der Waals surface area contributed by atoms with Crippen LogP contribution in [-0.4, -0.2) is 63.2 Å². The van der Waals surface area contributed by atoms with Gasteiger partial charge in [0.15, 0.2) is 0 Å². The van der Waals surface area contributed by atoms with Gasteiger partial charge in [-0.25, -0.2) is 0 Å². The number of carbonyl (C=O) groups excluding carboxylic acids is 2. The van der Waals surface area contributed by atoms with Gasteiger partial charge in [0.2, 0.25) is 11.8 Å². The molecule has 1 unspecified atom stereocenters. The number of hydrogen-bond donors (Lipinski definition) is 3. The maximum Gasteiger partial charge on any atom is 0.238 e. The number of amides is 2. The van der Waals surface area contributed by atoms with Crippen LogP contribution in [0, 0.1) is 5.92 Å².